The van der Waals surface area contributed by atoms with Crippen molar-refractivity contribution >= 4 is 27.8 Å². The van der Waals surface area contributed by atoms with Crippen LogP contribution in [0.5, 0.6) is 11.5 Å². The van der Waals surface area contributed by atoms with Gasteiger partial charge in [0.25, 0.3) is 5.56 Å². The van der Waals surface area contributed by atoms with Gasteiger partial charge in [-0.15, -0.1) is 0 Å². The molecule has 8 heteroatoms. The number of amides is 1. The Morgan fingerprint density at radius 1 is 1.06 bits per heavy atom. The van der Waals surface area contributed by atoms with Gasteiger partial charge in [0.05, 0.1) is 36.8 Å². The maximum atomic E-state index is 13.6. The van der Waals surface area contributed by atoms with Gasteiger partial charge in [-0.05, 0) is 59.7 Å². The van der Waals surface area contributed by atoms with Crippen molar-refractivity contribution in [2.24, 2.45) is 5.92 Å². The molecule has 1 atom stereocenters. The van der Waals surface area contributed by atoms with E-state index in [9.17, 15) is 9.59 Å². The molecule has 4 aromatic rings. The third kappa shape index (κ3) is 5.54. The highest BCUT2D eigenvalue weighted by molar-refractivity contribution is 6.05. The van der Waals surface area contributed by atoms with E-state index in [0.29, 0.717) is 30.0 Å². The van der Waals surface area contributed by atoms with Crippen molar-refractivity contribution in [2.75, 3.05) is 13.7 Å². The summed E-state index contributed by atoms with van der Waals surface area (Å²) in [6.45, 7) is 4.61. The van der Waals surface area contributed by atoms with E-state index >= 15 is 0 Å². The van der Waals surface area contributed by atoms with Gasteiger partial charge >= 0.3 is 6.09 Å². The second-order valence-corrected chi connectivity index (χ2v) is 8.93. The summed E-state index contributed by atoms with van der Waals surface area (Å²) in [6.07, 6.45) is 2.98. The first-order valence-corrected chi connectivity index (χ1v) is 11.5. The number of carbonyl (C=O) groups is 1. The number of pyridine rings is 2. The molecule has 35 heavy (non-hydrogen) atoms. The minimum Gasteiger partial charge on any atom is -0.497 e. The molecule has 8 nitrogen and oxygen atoms in total. The lowest BCUT2D eigenvalue weighted by atomic mass is 10.0. The van der Waals surface area contributed by atoms with Crippen LogP contribution in [0.3, 0.4) is 0 Å². The number of aromatic nitrogens is 2. The van der Waals surface area contributed by atoms with Gasteiger partial charge in [-0.2, -0.15) is 0 Å². The molecule has 1 unspecified atom stereocenters. The largest absolute Gasteiger partial charge is 0.497 e. The molecule has 0 saturated carbocycles. The Kier molecular flexibility index (Phi) is 7.19. The molecule has 1 amide bonds. The Balaban J connectivity index is 1.71. The zero-order valence-corrected chi connectivity index (χ0v) is 20.0. The van der Waals surface area contributed by atoms with Crippen molar-refractivity contribution in [3.05, 3.63) is 76.8 Å². The molecule has 2 heterocycles. The molecule has 2 aromatic heterocycles. The Morgan fingerprint density at radius 3 is 2.49 bits per heavy atom. The van der Waals surface area contributed by atoms with Gasteiger partial charge in [0.2, 0.25) is 0 Å². The highest BCUT2D eigenvalue weighted by atomic mass is 16.5. The summed E-state index contributed by atoms with van der Waals surface area (Å²) in [7, 11) is 1.62. The van der Waals surface area contributed by atoms with Gasteiger partial charge in [-0.25, -0.2) is 4.79 Å². The summed E-state index contributed by atoms with van der Waals surface area (Å²) in [5, 5.41) is 13.9. The van der Waals surface area contributed by atoms with E-state index in [1.807, 2.05) is 56.3 Å². The Morgan fingerprint density at radius 2 is 1.80 bits per heavy atom. The van der Waals surface area contributed by atoms with Crippen LogP contribution in [-0.4, -0.2) is 40.5 Å². The van der Waals surface area contributed by atoms with Crippen molar-refractivity contribution in [1.29, 1.82) is 0 Å². The van der Waals surface area contributed by atoms with Gasteiger partial charge < -0.3 is 24.5 Å². The second kappa shape index (κ2) is 10.5. The predicted octanol–water partition coefficient (Wildman–Crippen LogP) is 4.67. The molecular formula is C27H29N3O5. The first kappa shape index (κ1) is 24.1. The highest BCUT2D eigenvalue weighted by Gasteiger charge is 2.16. The monoisotopic (exact) mass is 475 g/mol. The molecule has 0 bridgehead atoms. The van der Waals surface area contributed by atoms with Crippen LogP contribution in [0.1, 0.15) is 25.8 Å². The minimum atomic E-state index is -1.08. The molecule has 0 aliphatic rings. The van der Waals surface area contributed by atoms with Crippen LogP contribution in [0.25, 0.3) is 21.7 Å². The van der Waals surface area contributed by atoms with Gasteiger partial charge in [-0.3, -0.25) is 9.78 Å². The van der Waals surface area contributed by atoms with Gasteiger partial charge in [0, 0.05) is 11.6 Å². The van der Waals surface area contributed by atoms with Crippen molar-refractivity contribution in [2.45, 2.75) is 32.9 Å². The zero-order chi connectivity index (χ0) is 24.9. The molecule has 0 saturated heterocycles. The number of rotatable bonds is 9. The average Bonchev–Trinajstić information content (AvgIpc) is 2.84. The number of methoxy groups -OCH3 is 1. The second-order valence-electron chi connectivity index (χ2n) is 8.93. The zero-order valence-electron chi connectivity index (χ0n) is 20.0. The fraction of sp³-hybridized carbons (Fsp3) is 0.296. The van der Waals surface area contributed by atoms with Crippen molar-refractivity contribution < 1.29 is 19.4 Å². The summed E-state index contributed by atoms with van der Waals surface area (Å²) in [4.78, 5) is 29.0. The number of ether oxygens (including phenoxy) is 2. The van der Waals surface area contributed by atoms with Crippen LogP contribution < -0.4 is 20.3 Å². The number of hydrogen-bond acceptors (Lipinski definition) is 5. The average molecular weight is 476 g/mol. The van der Waals surface area contributed by atoms with Crippen LogP contribution >= 0.6 is 0 Å². The van der Waals surface area contributed by atoms with Gasteiger partial charge in [0.15, 0.2) is 0 Å². The molecule has 0 fully saturated rings. The van der Waals surface area contributed by atoms with Crippen LogP contribution in [0.15, 0.2) is 65.7 Å². The quantitative estimate of drug-likeness (QED) is 0.341. The maximum absolute atomic E-state index is 13.6. The third-order valence-corrected chi connectivity index (χ3v) is 5.88. The Bertz CT molecular complexity index is 1400. The van der Waals surface area contributed by atoms with Crippen LogP contribution in [0.2, 0.25) is 0 Å². The topological polar surface area (TPSA) is 103 Å². The lowest BCUT2D eigenvalue weighted by Gasteiger charge is -2.20. The van der Waals surface area contributed by atoms with E-state index in [2.05, 4.69) is 10.3 Å². The number of carboxylic acid groups (broad SMARTS) is 1. The van der Waals surface area contributed by atoms with Crippen LogP contribution in [0, 0.1) is 5.92 Å². The lowest BCUT2D eigenvalue weighted by molar-refractivity contribution is 0.176. The van der Waals surface area contributed by atoms with Crippen molar-refractivity contribution in [3.8, 4) is 11.5 Å². The first-order chi connectivity index (χ1) is 16.9. The maximum Gasteiger partial charge on any atom is 0.404 e. The summed E-state index contributed by atoms with van der Waals surface area (Å²) >= 11 is 0. The summed E-state index contributed by atoms with van der Waals surface area (Å²) < 4.78 is 12.9. The van der Waals surface area contributed by atoms with Crippen LogP contribution in [0.4, 0.5) is 4.79 Å². The number of benzene rings is 2. The molecule has 0 spiro atoms. The standard InChI is InChI=1S/C27H29N3O5/c1-17(2)12-19(29-27(32)33)16-35-21-8-9-22-23-10-11-28-14-25(23)30(26(31)24(22)13-21)15-18-4-6-20(34-3)7-5-18/h4-11,13-14,17,19,29H,12,15-16H2,1-3H3,(H,32,33). The highest BCUT2D eigenvalue weighted by Crippen LogP contribution is 2.26. The van der Waals surface area contributed by atoms with Crippen molar-refractivity contribution in [1.82, 2.24) is 14.9 Å². The van der Waals surface area contributed by atoms with E-state index in [1.165, 1.54) is 0 Å². The number of hydrogen-bond donors (Lipinski definition) is 2. The Hall–Kier alpha value is -4.07. The number of fused-ring (bicyclic) bond motifs is 3. The van der Waals surface area contributed by atoms with E-state index in [0.717, 1.165) is 27.6 Å². The molecule has 4 rings (SSSR count). The summed E-state index contributed by atoms with van der Waals surface area (Å²) in [6, 6.07) is 14.6. The molecule has 2 N–H and O–H groups in total. The molecular weight excluding hydrogens is 446 g/mol. The van der Waals surface area contributed by atoms with Gasteiger partial charge in [0.1, 0.15) is 18.1 Å². The van der Waals surface area contributed by atoms with E-state index in [-0.39, 0.29) is 18.2 Å². The molecule has 0 aliphatic heterocycles. The number of nitrogens with one attached hydrogen (secondary N) is 1. The SMILES string of the molecule is COc1ccc(Cn2c(=O)c3cc(OCC(CC(C)C)NC(=O)O)ccc3c3ccncc32)cc1. The summed E-state index contributed by atoms with van der Waals surface area (Å²) in [5.41, 5.74) is 1.56. The van der Waals surface area contributed by atoms with E-state index in [1.54, 1.807) is 30.1 Å². The normalized spacial score (nSPS) is 12.1. The molecule has 182 valence electrons. The molecule has 0 radical (unpaired) electrons. The first-order valence-electron chi connectivity index (χ1n) is 11.5. The molecule has 0 aliphatic carbocycles. The Labute approximate surface area is 203 Å². The number of nitrogens with zero attached hydrogens (tertiary/aromatic N) is 2. The minimum absolute atomic E-state index is 0.149. The summed E-state index contributed by atoms with van der Waals surface area (Å²) in [5.74, 6) is 1.57. The smallest absolute Gasteiger partial charge is 0.404 e. The van der Waals surface area contributed by atoms with Gasteiger partial charge in [-0.1, -0.05) is 26.0 Å². The lowest BCUT2D eigenvalue weighted by Crippen LogP contribution is -2.39. The third-order valence-electron chi connectivity index (χ3n) is 5.88. The van der Waals surface area contributed by atoms with Crippen molar-refractivity contribution in [3.63, 3.8) is 0 Å². The molecule has 2 aromatic carbocycles. The fourth-order valence-electron chi connectivity index (χ4n) is 4.29. The predicted molar refractivity (Wildman–Crippen MR) is 136 cm³/mol. The van der Waals surface area contributed by atoms with E-state index < -0.39 is 6.09 Å². The van der Waals surface area contributed by atoms with E-state index in [4.69, 9.17) is 14.6 Å². The fourth-order valence-corrected chi connectivity index (χ4v) is 4.29. The van der Waals surface area contributed by atoms with Crippen LogP contribution in [-0.2, 0) is 6.54 Å².